The molecular weight excluding hydrogens is 376 g/mol. The van der Waals surface area contributed by atoms with E-state index in [1.165, 1.54) is 6.20 Å². The Bertz CT molecular complexity index is 871. The number of aromatic nitrogens is 2. The Morgan fingerprint density at radius 2 is 1.96 bits per heavy atom. The van der Waals surface area contributed by atoms with E-state index in [0.29, 0.717) is 16.4 Å². The number of hydrogen-bond donors (Lipinski definition) is 1. The van der Waals surface area contributed by atoms with Gasteiger partial charge in [0.15, 0.2) is 5.82 Å². The highest BCUT2D eigenvalue weighted by Gasteiger charge is 2.28. The lowest BCUT2D eigenvalue weighted by atomic mass is 10.1. The van der Waals surface area contributed by atoms with Gasteiger partial charge in [0.05, 0.1) is 12.2 Å². The first-order chi connectivity index (χ1) is 13.5. The molecule has 7 nitrogen and oxygen atoms in total. The number of hydrazine groups is 1. The van der Waals surface area contributed by atoms with Gasteiger partial charge in [-0.2, -0.15) is 10.2 Å². The van der Waals surface area contributed by atoms with Gasteiger partial charge >= 0.3 is 0 Å². The van der Waals surface area contributed by atoms with E-state index >= 15 is 0 Å². The number of nitriles is 1. The topological polar surface area (TPSA) is 85.2 Å². The first kappa shape index (κ1) is 20.1. The van der Waals surface area contributed by atoms with Crippen LogP contribution >= 0.6 is 11.6 Å². The molecule has 1 aromatic carbocycles. The molecule has 0 spiro atoms. The second-order valence-corrected chi connectivity index (χ2v) is 7.57. The molecule has 1 saturated carbocycles. The van der Waals surface area contributed by atoms with Gasteiger partial charge in [-0.15, -0.1) is 0 Å². The molecule has 0 bridgehead atoms. The number of rotatable bonds is 6. The van der Waals surface area contributed by atoms with Gasteiger partial charge < -0.3 is 4.90 Å². The Morgan fingerprint density at radius 3 is 2.57 bits per heavy atom. The molecule has 1 aromatic heterocycles. The number of carbonyl (C=O) groups is 1. The molecule has 1 amide bonds. The van der Waals surface area contributed by atoms with Gasteiger partial charge in [-0.25, -0.2) is 4.98 Å². The minimum Gasteiger partial charge on any atom is -0.305 e. The van der Waals surface area contributed by atoms with Crippen molar-refractivity contribution in [3.8, 4) is 6.07 Å². The lowest BCUT2D eigenvalue weighted by Crippen LogP contribution is -2.48. The molecule has 8 heteroatoms. The Hall–Kier alpha value is -2.69. The molecule has 0 radical (unpaired) electrons. The lowest BCUT2D eigenvalue weighted by Gasteiger charge is -2.30. The van der Waals surface area contributed by atoms with Gasteiger partial charge in [0, 0.05) is 12.1 Å². The van der Waals surface area contributed by atoms with Gasteiger partial charge in [0.25, 0.3) is 5.91 Å². The predicted octanol–water partition coefficient (Wildman–Crippen LogP) is 3.16. The summed E-state index contributed by atoms with van der Waals surface area (Å²) in [6.45, 7) is 0.809. The van der Waals surface area contributed by atoms with E-state index in [4.69, 9.17) is 16.9 Å². The Kier molecular flexibility index (Phi) is 6.45. The Morgan fingerprint density at radius 1 is 1.29 bits per heavy atom. The highest BCUT2D eigenvalue weighted by atomic mass is 35.5. The fourth-order valence-corrected chi connectivity index (χ4v) is 3.54. The summed E-state index contributed by atoms with van der Waals surface area (Å²) in [5, 5.41) is 11.1. The molecule has 1 aliphatic carbocycles. The molecule has 1 aliphatic rings. The molecule has 0 saturated heterocycles. The van der Waals surface area contributed by atoms with Crippen LogP contribution in [0, 0.1) is 11.3 Å². The maximum Gasteiger partial charge on any atom is 0.269 e. The van der Waals surface area contributed by atoms with Crippen LogP contribution in [0.5, 0.6) is 0 Å². The first-order valence-electron chi connectivity index (χ1n) is 9.24. The molecule has 28 heavy (non-hydrogen) atoms. The largest absolute Gasteiger partial charge is 0.305 e. The molecule has 146 valence electrons. The molecule has 2 aromatic rings. The number of benzene rings is 1. The van der Waals surface area contributed by atoms with Gasteiger partial charge in [-0.3, -0.25) is 15.2 Å². The minimum absolute atomic E-state index is 0.0182. The number of halogens is 1. The van der Waals surface area contributed by atoms with Crippen LogP contribution in [0.25, 0.3) is 0 Å². The summed E-state index contributed by atoms with van der Waals surface area (Å²) in [7, 11) is 4.00. The fraction of sp³-hybridized carbons (Fsp3) is 0.400. The summed E-state index contributed by atoms with van der Waals surface area (Å²) in [6.07, 6.45) is 5.38. The molecule has 1 N–H and O–H groups in total. The van der Waals surface area contributed by atoms with Crippen LogP contribution in [-0.2, 0) is 6.54 Å². The third kappa shape index (κ3) is 4.77. The van der Waals surface area contributed by atoms with Gasteiger partial charge in [-0.05, 0) is 44.6 Å². The highest BCUT2D eigenvalue weighted by molar-refractivity contribution is 6.32. The average molecular weight is 399 g/mol. The third-order valence-electron chi connectivity index (χ3n) is 4.68. The number of amides is 1. The molecular formula is C20H23ClN6O. The van der Waals surface area contributed by atoms with E-state index in [1.807, 2.05) is 44.4 Å². The Balaban J connectivity index is 1.84. The summed E-state index contributed by atoms with van der Waals surface area (Å²) in [6, 6.07) is 9.51. The third-order valence-corrected chi connectivity index (χ3v) is 4.95. The summed E-state index contributed by atoms with van der Waals surface area (Å²) < 4.78 is 0. The Labute approximate surface area is 169 Å². The minimum atomic E-state index is -0.239. The maximum atomic E-state index is 12.9. The molecule has 0 unspecified atom stereocenters. The fourth-order valence-electron chi connectivity index (χ4n) is 3.36. The monoisotopic (exact) mass is 398 g/mol. The summed E-state index contributed by atoms with van der Waals surface area (Å²) >= 11 is 6.29. The van der Waals surface area contributed by atoms with Crippen molar-refractivity contribution in [2.75, 3.05) is 19.1 Å². The average Bonchev–Trinajstić information content (AvgIpc) is 3.21. The van der Waals surface area contributed by atoms with E-state index < -0.39 is 0 Å². The molecule has 3 rings (SSSR count). The quantitative estimate of drug-likeness (QED) is 0.752. The number of nitrogens with zero attached hydrogens (tertiary/aromatic N) is 5. The van der Waals surface area contributed by atoms with Crippen LogP contribution in [-0.4, -0.2) is 40.9 Å². The van der Waals surface area contributed by atoms with Crippen molar-refractivity contribution in [2.24, 2.45) is 0 Å². The van der Waals surface area contributed by atoms with Crippen molar-refractivity contribution in [1.29, 1.82) is 5.26 Å². The smallest absolute Gasteiger partial charge is 0.269 e. The normalized spacial score (nSPS) is 14.1. The van der Waals surface area contributed by atoms with Crippen molar-refractivity contribution in [3.63, 3.8) is 0 Å². The number of anilines is 1. The van der Waals surface area contributed by atoms with Gasteiger partial charge in [0.2, 0.25) is 5.82 Å². The van der Waals surface area contributed by atoms with Crippen molar-refractivity contribution in [2.45, 2.75) is 38.3 Å². The van der Waals surface area contributed by atoms with E-state index in [2.05, 4.69) is 20.3 Å². The van der Waals surface area contributed by atoms with Crippen LogP contribution in [0.2, 0.25) is 5.02 Å². The zero-order valence-corrected chi connectivity index (χ0v) is 16.8. The number of nitrogens with one attached hydrogen (secondary N) is 1. The zero-order valence-electron chi connectivity index (χ0n) is 16.0. The molecule has 1 fully saturated rings. The van der Waals surface area contributed by atoms with Crippen LogP contribution in [0.15, 0.2) is 30.5 Å². The van der Waals surface area contributed by atoms with Crippen LogP contribution in [0.4, 0.5) is 5.82 Å². The van der Waals surface area contributed by atoms with E-state index in [9.17, 15) is 4.79 Å². The number of carbonyl (C=O) groups excluding carboxylic acids is 1. The molecule has 0 aliphatic heterocycles. The van der Waals surface area contributed by atoms with E-state index in [1.54, 1.807) is 5.01 Å². The van der Waals surface area contributed by atoms with Gasteiger partial charge in [-0.1, -0.05) is 36.6 Å². The van der Waals surface area contributed by atoms with Crippen molar-refractivity contribution in [1.82, 2.24) is 20.3 Å². The molecule has 0 atom stereocenters. The van der Waals surface area contributed by atoms with Crippen molar-refractivity contribution < 1.29 is 4.79 Å². The standard InChI is InChI=1S/C20H23ClN6O/c1-26(2)13-14-7-9-15(10-8-14)20(28)25-27(16-5-3-4-6-16)19-17(21)12-23-18(11-22)24-19/h7-10,12,16H,3-6,13H2,1-2H3,(H,25,28). The van der Waals surface area contributed by atoms with Crippen LogP contribution in [0.3, 0.4) is 0 Å². The van der Waals surface area contributed by atoms with Crippen molar-refractivity contribution in [3.05, 3.63) is 52.4 Å². The number of hydrogen-bond acceptors (Lipinski definition) is 6. The van der Waals surface area contributed by atoms with Crippen molar-refractivity contribution >= 4 is 23.3 Å². The van der Waals surface area contributed by atoms with Crippen LogP contribution in [0.1, 0.15) is 47.4 Å². The van der Waals surface area contributed by atoms with E-state index in [0.717, 1.165) is 37.8 Å². The second-order valence-electron chi connectivity index (χ2n) is 7.16. The SMILES string of the molecule is CN(C)Cc1ccc(C(=O)NN(c2nc(C#N)ncc2Cl)C2CCCC2)cc1. The first-order valence-corrected chi connectivity index (χ1v) is 9.62. The lowest BCUT2D eigenvalue weighted by molar-refractivity contribution is 0.0944. The summed E-state index contributed by atoms with van der Waals surface area (Å²) in [5.74, 6) is 0.138. The maximum absolute atomic E-state index is 12.9. The molecule has 1 heterocycles. The second kappa shape index (κ2) is 9.00. The summed E-state index contributed by atoms with van der Waals surface area (Å²) in [4.78, 5) is 23.1. The zero-order chi connectivity index (χ0) is 20.1. The summed E-state index contributed by atoms with van der Waals surface area (Å²) in [5.41, 5.74) is 4.63. The van der Waals surface area contributed by atoms with Crippen LogP contribution < -0.4 is 10.4 Å². The van der Waals surface area contributed by atoms with E-state index in [-0.39, 0.29) is 17.8 Å². The van der Waals surface area contributed by atoms with Gasteiger partial charge in [0.1, 0.15) is 11.1 Å². The highest BCUT2D eigenvalue weighted by Crippen LogP contribution is 2.30. The predicted molar refractivity (Wildman–Crippen MR) is 108 cm³/mol.